The molecule has 0 aromatic carbocycles. The van der Waals surface area contributed by atoms with Crippen molar-refractivity contribution < 1.29 is 9.90 Å². The number of unbranched alkanes of at least 4 members (excludes halogenated alkanes) is 1. The number of nitrogens with two attached hydrogens (primary N) is 1. The zero-order valence-corrected chi connectivity index (χ0v) is 8.97. The summed E-state index contributed by atoms with van der Waals surface area (Å²) in [6.45, 7) is 1.46. The third-order valence-corrected chi connectivity index (χ3v) is 1.08. The standard InChI is InChI=1S/C6H14N2O2.Na/c7-3-1-2-4-8-5-6(9)10;/h8H,1-5,7H2,(H,9,10);. The molecule has 0 bridgehead atoms. The minimum absolute atomic E-state index is 0. The van der Waals surface area contributed by atoms with Crippen LogP contribution in [0.25, 0.3) is 0 Å². The van der Waals surface area contributed by atoms with Gasteiger partial charge in [0.2, 0.25) is 0 Å². The van der Waals surface area contributed by atoms with E-state index in [1.54, 1.807) is 0 Å². The Balaban J connectivity index is 0. The molecular formula is C6H14N2NaO2. The van der Waals surface area contributed by atoms with Crippen molar-refractivity contribution >= 4 is 35.5 Å². The summed E-state index contributed by atoms with van der Waals surface area (Å²) in [6, 6.07) is 0. The van der Waals surface area contributed by atoms with Crippen molar-refractivity contribution in [1.29, 1.82) is 0 Å². The van der Waals surface area contributed by atoms with Gasteiger partial charge in [0.1, 0.15) is 0 Å². The molecule has 0 saturated heterocycles. The zero-order chi connectivity index (χ0) is 7.82. The van der Waals surface area contributed by atoms with Gasteiger partial charge >= 0.3 is 5.97 Å². The normalized spacial score (nSPS) is 8.82. The molecule has 1 radical (unpaired) electrons. The van der Waals surface area contributed by atoms with Crippen molar-refractivity contribution in [2.45, 2.75) is 12.8 Å². The van der Waals surface area contributed by atoms with Gasteiger partial charge in [-0.1, -0.05) is 0 Å². The monoisotopic (exact) mass is 169 g/mol. The van der Waals surface area contributed by atoms with Crippen LogP contribution in [-0.4, -0.2) is 60.3 Å². The van der Waals surface area contributed by atoms with Crippen LogP contribution in [0.15, 0.2) is 0 Å². The fourth-order valence-corrected chi connectivity index (χ4v) is 0.590. The maximum absolute atomic E-state index is 9.94. The fourth-order valence-electron chi connectivity index (χ4n) is 0.590. The number of hydrogen-bond donors (Lipinski definition) is 3. The van der Waals surface area contributed by atoms with Crippen molar-refractivity contribution in [2.24, 2.45) is 5.73 Å². The SMILES string of the molecule is NCCCCNCC(=O)O.[Na]. The third kappa shape index (κ3) is 13.4. The van der Waals surface area contributed by atoms with E-state index in [1.165, 1.54) is 0 Å². The quantitative estimate of drug-likeness (QED) is 0.353. The Hall–Kier alpha value is 0.390. The van der Waals surface area contributed by atoms with Gasteiger partial charge in [0.15, 0.2) is 0 Å². The third-order valence-electron chi connectivity index (χ3n) is 1.08. The van der Waals surface area contributed by atoms with Gasteiger partial charge in [0, 0.05) is 29.6 Å². The van der Waals surface area contributed by atoms with Crippen LogP contribution in [0.4, 0.5) is 0 Å². The van der Waals surface area contributed by atoms with E-state index in [1.807, 2.05) is 0 Å². The summed E-state index contributed by atoms with van der Waals surface area (Å²) in [5.74, 6) is -0.812. The molecule has 11 heavy (non-hydrogen) atoms. The van der Waals surface area contributed by atoms with Gasteiger partial charge in [0.05, 0.1) is 6.54 Å². The maximum atomic E-state index is 9.94. The fraction of sp³-hybridized carbons (Fsp3) is 0.833. The van der Waals surface area contributed by atoms with Crippen LogP contribution in [0.2, 0.25) is 0 Å². The molecule has 5 heteroatoms. The largest absolute Gasteiger partial charge is 0.480 e. The molecule has 0 rings (SSSR count). The summed E-state index contributed by atoms with van der Waals surface area (Å²) in [6.07, 6.45) is 1.90. The summed E-state index contributed by atoms with van der Waals surface area (Å²) >= 11 is 0. The molecule has 61 valence electrons. The first-order valence-electron chi connectivity index (χ1n) is 3.40. The van der Waals surface area contributed by atoms with Crippen LogP contribution in [0, 0.1) is 0 Å². The molecule has 0 aliphatic carbocycles. The smallest absolute Gasteiger partial charge is 0.317 e. The molecule has 0 aromatic rings. The molecule has 0 heterocycles. The molecule has 0 saturated carbocycles. The number of hydrogen-bond acceptors (Lipinski definition) is 3. The second-order valence-corrected chi connectivity index (χ2v) is 2.07. The minimum Gasteiger partial charge on any atom is -0.480 e. The molecule has 0 amide bonds. The van der Waals surface area contributed by atoms with Gasteiger partial charge in [-0.25, -0.2) is 0 Å². The van der Waals surface area contributed by atoms with Gasteiger partial charge < -0.3 is 16.2 Å². The van der Waals surface area contributed by atoms with E-state index in [9.17, 15) is 4.79 Å². The van der Waals surface area contributed by atoms with Gasteiger partial charge in [-0.3, -0.25) is 4.79 Å². The molecule has 0 spiro atoms. The minimum atomic E-state index is -0.812. The molecule has 0 aliphatic heterocycles. The Labute approximate surface area is 88.8 Å². The first-order chi connectivity index (χ1) is 4.77. The number of nitrogens with one attached hydrogen (secondary N) is 1. The van der Waals surface area contributed by atoms with Gasteiger partial charge in [-0.15, -0.1) is 0 Å². The van der Waals surface area contributed by atoms with Crippen molar-refractivity contribution in [3.63, 3.8) is 0 Å². The van der Waals surface area contributed by atoms with E-state index < -0.39 is 5.97 Å². The Bertz CT molecular complexity index is 101. The molecule has 0 aromatic heterocycles. The van der Waals surface area contributed by atoms with Gasteiger partial charge in [-0.05, 0) is 25.9 Å². The van der Waals surface area contributed by atoms with E-state index in [0.717, 1.165) is 19.4 Å². The van der Waals surface area contributed by atoms with E-state index in [0.29, 0.717) is 6.54 Å². The number of carboxylic acid groups (broad SMARTS) is 1. The Morgan fingerprint density at radius 2 is 2.09 bits per heavy atom. The van der Waals surface area contributed by atoms with Crippen molar-refractivity contribution in [3.05, 3.63) is 0 Å². The maximum Gasteiger partial charge on any atom is 0.317 e. The van der Waals surface area contributed by atoms with E-state index >= 15 is 0 Å². The Kier molecular flexibility index (Phi) is 13.2. The molecule has 0 unspecified atom stereocenters. The van der Waals surface area contributed by atoms with E-state index in [-0.39, 0.29) is 36.1 Å². The Morgan fingerprint density at radius 1 is 1.45 bits per heavy atom. The van der Waals surface area contributed by atoms with Gasteiger partial charge in [0.25, 0.3) is 0 Å². The van der Waals surface area contributed by atoms with Crippen molar-refractivity contribution in [3.8, 4) is 0 Å². The number of carbonyl (C=O) groups is 1. The molecule has 4 N–H and O–H groups in total. The van der Waals surface area contributed by atoms with Crippen LogP contribution in [-0.2, 0) is 4.79 Å². The topological polar surface area (TPSA) is 75.3 Å². The number of aliphatic carboxylic acids is 1. The number of carboxylic acids is 1. The molecule has 0 aliphatic rings. The number of rotatable bonds is 6. The van der Waals surface area contributed by atoms with Crippen LogP contribution in [0.3, 0.4) is 0 Å². The average molecular weight is 169 g/mol. The summed E-state index contributed by atoms with van der Waals surface area (Å²) < 4.78 is 0. The summed E-state index contributed by atoms with van der Waals surface area (Å²) in [7, 11) is 0. The van der Waals surface area contributed by atoms with Crippen molar-refractivity contribution in [2.75, 3.05) is 19.6 Å². The first kappa shape index (κ1) is 13.9. The predicted molar refractivity (Wildman–Crippen MR) is 44.5 cm³/mol. The summed E-state index contributed by atoms with van der Waals surface area (Å²) in [5, 5.41) is 10.9. The van der Waals surface area contributed by atoms with Gasteiger partial charge in [-0.2, -0.15) is 0 Å². The average Bonchev–Trinajstić information content (AvgIpc) is 1.87. The van der Waals surface area contributed by atoms with Crippen LogP contribution >= 0.6 is 0 Å². The van der Waals surface area contributed by atoms with Crippen molar-refractivity contribution in [1.82, 2.24) is 5.32 Å². The molecular weight excluding hydrogens is 155 g/mol. The molecule has 0 atom stereocenters. The van der Waals surface area contributed by atoms with Crippen LogP contribution in [0.5, 0.6) is 0 Å². The zero-order valence-electron chi connectivity index (χ0n) is 6.97. The second kappa shape index (κ2) is 10.4. The van der Waals surface area contributed by atoms with E-state index in [4.69, 9.17) is 10.8 Å². The predicted octanol–water partition coefficient (Wildman–Crippen LogP) is -0.981. The summed E-state index contributed by atoms with van der Waals surface area (Å²) in [5.41, 5.74) is 5.23. The Morgan fingerprint density at radius 3 is 2.55 bits per heavy atom. The van der Waals surface area contributed by atoms with E-state index in [2.05, 4.69) is 5.32 Å². The second-order valence-electron chi connectivity index (χ2n) is 2.07. The van der Waals surface area contributed by atoms with Crippen LogP contribution in [0.1, 0.15) is 12.8 Å². The van der Waals surface area contributed by atoms with Crippen LogP contribution < -0.4 is 11.1 Å². The first-order valence-corrected chi connectivity index (χ1v) is 3.40. The summed E-state index contributed by atoms with van der Waals surface area (Å²) in [4.78, 5) is 9.94. The molecule has 0 fully saturated rings. The molecule has 4 nitrogen and oxygen atoms in total.